The van der Waals surface area contributed by atoms with E-state index in [0.717, 1.165) is 35.7 Å². The van der Waals surface area contributed by atoms with Gasteiger partial charge in [0.05, 0.1) is 5.69 Å². The number of carboxylic acids is 1. The summed E-state index contributed by atoms with van der Waals surface area (Å²) in [5.74, 6) is -0.572. The van der Waals surface area contributed by atoms with Gasteiger partial charge in [-0.2, -0.15) is 4.31 Å². The van der Waals surface area contributed by atoms with E-state index in [1.54, 1.807) is 55.0 Å². The standard InChI is InChI=1S/C29H30N6O5S/c36-28(37)25(18-20-8-10-22(11-9-20)32-27-23-19-30-14-12-21(23)13-15-31-27)34-29(38)33-24-6-2-3-7-26(24)41(39,40)35-16-4-1-5-17-35/h2-3,6-15,19,25H,1,4-5,16-18H2,(H,31,32)(H,36,37)(H2,33,34,38). The fraction of sp³-hybridized carbons (Fsp3) is 0.241. The summed E-state index contributed by atoms with van der Waals surface area (Å²) < 4.78 is 27.9. The molecule has 0 spiro atoms. The van der Waals surface area contributed by atoms with Crippen molar-refractivity contribution in [2.75, 3.05) is 23.7 Å². The van der Waals surface area contributed by atoms with E-state index in [-0.39, 0.29) is 17.0 Å². The number of hydrogen-bond acceptors (Lipinski definition) is 7. The van der Waals surface area contributed by atoms with Gasteiger partial charge in [-0.1, -0.05) is 30.7 Å². The molecule has 0 saturated carbocycles. The van der Waals surface area contributed by atoms with Crippen LogP contribution in [0, 0.1) is 0 Å². The number of benzene rings is 2. The van der Waals surface area contributed by atoms with Crippen LogP contribution in [0.2, 0.25) is 0 Å². The highest BCUT2D eigenvalue weighted by Crippen LogP contribution is 2.27. The maximum absolute atomic E-state index is 13.2. The van der Waals surface area contributed by atoms with E-state index in [9.17, 15) is 23.1 Å². The van der Waals surface area contributed by atoms with Crippen molar-refractivity contribution in [3.8, 4) is 0 Å². The number of piperidine rings is 1. The lowest BCUT2D eigenvalue weighted by Gasteiger charge is -2.27. The Labute approximate surface area is 237 Å². The smallest absolute Gasteiger partial charge is 0.326 e. The van der Waals surface area contributed by atoms with Gasteiger partial charge < -0.3 is 21.1 Å². The van der Waals surface area contributed by atoms with Crippen molar-refractivity contribution in [1.82, 2.24) is 19.6 Å². The molecule has 1 unspecified atom stereocenters. The topological polar surface area (TPSA) is 154 Å². The molecule has 4 N–H and O–H groups in total. The highest BCUT2D eigenvalue weighted by atomic mass is 32.2. The average molecular weight is 575 g/mol. The highest BCUT2D eigenvalue weighted by Gasteiger charge is 2.29. The molecule has 0 aliphatic carbocycles. The molecule has 11 nitrogen and oxygen atoms in total. The van der Waals surface area contributed by atoms with Crippen molar-refractivity contribution >= 4 is 50.0 Å². The highest BCUT2D eigenvalue weighted by molar-refractivity contribution is 7.89. The third-order valence-electron chi connectivity index (χ3n) is 6.90. The molecule has 1 saturated heterocycles. The van der Waals surface area contributed by atoms with Crippen LogP contribution in [-0.4, -0.2) is 58.9 Å². The summed E-state index contributed by atoms with van der Waals surface area (Å²) in [6.45, 7) is 0.849. The molecule has 1 atom stereocenters. The Balaban J connectivity index is 1.24. The molecule has 41 heavy (non-hydrogen) atoms. The monoisotopic (exact) mass is 574 g/mol. The molecule has 1 fully saturated rings. The molecule has 2 aromatic heterocycles. The van der Waals surface area contributed by atoms with Crippen molar-refractivity contribution < 1.29 is 23.1 Å². The Morgan fingerprint density at radius 2 is 1.68 bits per heavy atom. The van der Waals surface area contributed by atoms with Crippen LogP contribution in [0.3, 0.4) is 0 Å². The maximum atomic E-state index is 13.2. The summed E-state index contributed by atoms with van der Waals surface area (Å²) in [7, 11) is -3.81. The molecule has 3 heterocycles. The number of para-hydroxylation sites is 1. The average Bonchev–Trinajstić information content (AvgIpc) is 2.98. The zero-order valence-corrected chi connectivity index (χ0v) is 23.0. The molecule has 4 aromatic rings. The van der Waals surface area contributed by atoms with Crippen molar-refractivity contribution in [2.24, 2.45) is 0 Å². The summed E-state index contributed by atoms with van der Waals surface area (Å²) in [5, 5.41) is 19.9. The van der Waals surface area contributed by atoms with Gasteiger partial charge in [-0.25, -0.2) is 23.0 Å². The predicted octanol–water partition coefficient (Wildman–Crippen LogP) is 4.37. The number of carboxylic acid groups (broad SMARTS) is 1. The number of urea groups is 1. The van der Waals surface area contributed by atoms with Gasteiger partial charge in [0.15, 0.2) is 0 Å². The molecule has 2 aromatic carbocycles. The number of carbonyl (C=O) groups excluding carboxylic acids is 1. The van der Waals surface area contributed by atoms with Gasteiger partial charge in [-0.3, -0.25) is 4.98 Å². The Morgan fingerprint density at radius 3 is 2.44 bits per heavy atom. The van der Waals surface area contributed by atoms with E-state index >= 15 is 0 Å². The Kier molecular flexibility index (Phi) is 8.41. The number of aromatic nitrogens is 2. The van der Waals surface area contributed by atoms with Crippen LogP contribution >= 0.6 is 0 Å². The second-order valence-corrected chi connectivity index (χ2v) is 11.6. The van der Waals surface area contributed by atoms with Crippen molar-refractivity contribution in [1.29, 1.82) is 0 Å². The first-order chi connectivity index (χ1) is 19.8. The zero-order chi connectivity index (χ0) is 28.8. The summed E-state index contributed by atoms with van der Waals surface area (Å²) in [6.07, 6.45) is 7.71. The molecule has 0 radical (unpaired) electrons. The van der Waals surface area contributed by atoms with Gasteiger partial charge in [-0.05, 0) is 60.2 Å². The number of pyridine rings is 2. The fourth-order valence-electron chi connectivity index (χ4n) is 4.76. The number of sulfonamides is 1. The lowest BCUT2D eigenvalue weighted by molar-refractivity contribution is -0.139. The van der Waals surface area contributed by atoms with Crippen LogP contribution in [0.25, 0.3) is 10.8 Å². The fourth-order valence-corrected chi connectivity index (χ4v) is 6.43. The Morgan fingerprint density at radius 1 is 0.951 bits per heavy atom. The first-order valence-corrected chi connectivity index (χ1v) is 14.7. The largest absolute Gasteiger partial charge is 0.480 e. The van der Waals surface area contributed by atoms with E-state index in [0.29, 0.717) is 24.5 Å². The van der Waals surface area contributed by atoms with Crippen LogP contribution in [-0.2, 0) is 21.2 Å². The summed E-state index contributed by atoms with van der Waals surface area (Å²) in [4.78, 5) is 33.3. The van der Waals surface area contributed by atoms with Gasteiger partial charge >= 0.3 is 12.0 Å². The summed E-state index contributed by atoms with van der Waals surface area (Å²) in [6, 6.07) is 15.0. The Bertz CT molecular complexity index is 1650. The predicted molar refractivity (Wildman–Crippen MR) is 156 cm³/mol. The number of amides is 2. The summed E-state index contributed by atoms with van der Waals surface area (Å²) in [5.41, 5.74) is 1.53. The van der Waals surface area contributed by atoms with Gasteiger partial charge in [0, 0.05) is 49.2 Å². The lowest BCUT2D eigenvalue weighted by Crippen LogP contribution is -2.44. The molecule has 0 bridgehead atoms. The van der Waals surface area contributed by atoms with Crippen molar-refractivity contribution in [3.63, 3.8) is 0 Å². The quantitative estimate of drug-likeness (QED) is 0.230. The number of hydrogen-bond donors (Lipinski definition) is 4. The lowest BCUT2D eigenvalue weighted by atomic mass is 10.1. The van der Waals surface area contributed by atoms with Crippen molar-refractivity contribution in [3.05, 3.63) is 84.8 Å². The minimum Gasteiger partial charge on any atom is -0.480 e. The summed E-state index contributed by atoms with van der Waals surface area (Å²) >= 11 is 0. The van der Waals surface area contributed by atoms with E-state index in [1.165, 1.54) is 16.4 Å². The number of anilines is 3. The number of fused-ring (bicyclic) bond motifs is 1. The van der Waals surface area contributed by atoms with Crippen LogP contribution in [0.4, 0.5) is 22.0 Å². The maximum Gasteiger partial charge on any atom is 0.326 e. The molecule has 1 aliphatic rings. The molecule has 212 valence electrons. The molecule has 1 aliphatic heterocycles. The number of nitrogens with one attached hydrogen (secondary N) is 3. The number of rotatable bonds is 9. The molecule has 2 amide bonds. The molecule has 12 heteroatoms. The van der Waals surface area contributed by atoms with Gasteiger partial charge in [-0.15, -0.1) is 0 Å². The van der Waals surface area contributed by atoms with Gasteiger partial charge in [0.1, 0.15) is 16.8 Å². The third kappa shape index (κ3) is 6.61. The number of carbonyl (C=O) groups is 2. The zero-order valence-electron chi connectivity index (χ0n) is 22.2. The molecular formula is C29H30N6O5S. The van der Waals surface area contributed by atoms with E-state index in [2.05, 4.69) is 25.9 Å². The van der Waals surface area contributed by atoms with Crippen molar-refractivity contribution in [2.45, 2.75) is 36.6 Å². The van der Waals surface area contributed by atoms with Crippen LogP contribution < -0.4 is 16.0 Å². The molecular weight excluding hydrogens is 544 g/mol. The first-order valence-electron chi connectivity index (χ1n) is 13.3. The van der Waals surface area contributed by atoms with Crippen LogP contribution in [0.1, 0.15) is 24.8 Å². The van der Waals surface area contributed by atoms with E-state index in [4.69, 9.17) is 0 Å². The number of aliphatic carboxylic acids is 1. The third-order valence-corrected chi connectivity index (χ3v) is 8.85. The first kappa shape index (κ1) is 28.0. The second kappa shape index (κ2) is 12.3. The normalized spacial score (nSPS) is 14.7. The SMILES string of the molecule is O=C(Nc1ccccc1S(=O)(=O)N1CCCCC1)NC(Cc1ccc(Nc2nccc3ccncc23)cc1)C(=O)O. The van der Waals surface area contributed by atoms with Gasteiger partial charge in [0.25, 0.3) is 0 Å². The molecule has 5 rings (SSSR count). The van der Waals surface area contributed by atoms with E-state index in [1.807, 2.05) is 12.1 Å². The van der Waals surface area contributed by atoms with Crippen LogP contribution in [0.5, 0.6) is 0 Å². The minimum atomic E-state index is -3.81. The Hall–Kier alpha value is -4.55. The van der Waals surface area contributed by atoms with E-state index < -0.39 is 28.1 Å². The second-order valence-electron chi connectivity index (χ2n) is 9.73. The van der Waals surface area contributed by atoms with Gasteiger partial charge in [0.2, 0.25) is 10.0 Å². The minimum absolute atomic E-state index is 0.0210. The number of nitrogens with zero attached hydrogens (tertiary/aromatic N) is 3. The van der Waals surface area contributed by atoms with Crippen LogP contribution in [0.15, 0.2) is 84.1 Å².